The van der Waals surface area contributed by atoms with E-state index in [4.69, 9.17) is 0 Å². The van der Waals surface area contributed by atoms with Crippen LogP contribution in [0.5, 0.6) is 0 Å². The Kier molecular flexibility index (Phi) is 7.76. The molecule has 186 valence electrons. The van der Waals surface area contributed by atoms with E-state index < -0.39 is 47.6 Å². The van der Waals surface area contributed by atoms with Gasteiger partial charge in [-0.2, -0.15) is 35.1 Å². The fourth-order valence-electron chi connectivity index (χ4n) is 4.41. The summed E-state index contributed by atoms with van der Waals surface area (Å²) in [7, 11) is 0. The number of halogens is 8. The molecule has 4 nitrogen and oxygen atoms in total. The van der Waals surface area contributed by atoms with Gasteiger partial charge in [0.05, 0.1) is 0 Å². The molecule has 32 heavy (non-hydrogen) atoms. The van der Waals surface area contributed by atoms with Crippen LogP contribution in [0.25, 0.3) is 0 Å². The van der Waals surface area contributed by atoms with Gasteiger partial charge in [0, 0.05) is 25.2 Å². The standard InChI is InChI=1S/C20H28F8N2O2/c1-3-13-9-5-7-11-29(13)15(31)17(21,22)19(25,26)20(27,28)18(23,24)16(32)30-12-8-6-10-14(30)4-2/h13-14H,3-12H2,1-2H3. The number of rotatable bonds is 7. The quantitative estimate of drug-likeness (QED) is 0.476. The molecule has 2 heterocycles. The molecule has 2 amide bonds. The molecule has 2 rings (SSSR count). The van der Waals surface area contributed by atoms with E-state index in [0.717, 1.165) is 0 Å². The molecule has 0 N–H and O–H groups in total. The summed E-state index contributed by atoms with van der Waals surface area (Å²) in [6.07, 6.45) is 2.00. The Bertz CT molecular complexity index is 643. The number of hydrogen-bond donors (Lipinski definition) is 0. The SMILES string of the molecule is CCC1CCCCN1C(=O)C(F)(F)C(F)(F)C(F)(F)C(F)(F)C(=O)N1CCCCC1CC. The lowest BCUT2D eigenvalue weighted by Crippen LogP contribution is -2.70. The number of hydrogen-bond acceptors (Lipinski definition) is 2. The van der Waals surface area contributed by atoms with Gasteiger partial charge in [-0.15, -0.1) is 0 Å². The molecule has 2 aliphatic heterocycles. The first-order valence-electron chi connectivity index (χ1n) is 10.8. The Labute approximate surface area is 181 Å². The highest BCUT2D eigenvalue weighted by Gasteiger charge is 2.85. The molecule has 2 atom stereocenters. The fourth-order valence-corrected chi connectivity index (χ4v) is 4.41. The molecule has 0 aromatic rings. The van der Waals surface area contributed by atoms with Crippen LogP contribution in [-0.4, -0.2) is 70.5 Å². The van der Waals surface area contributed by atoms with E-state index in [0.29, 0.717) is 22.6 Å². The van der Waals surface area contributed by atoms with E-state index in [1.165, 1.54) is 13.8 Å². The van der Waals surface area contributed by atoms with Crippen LogP contribution in [-0.2, 0) is 9.59 Å². The molecule has 0 aromatic carbocycles. The second kappa shape index (κ2) is 9.32. The van der Waals surface area contributed by atoms with Crippen molar-refractivity contribution in [2.45, 2.75) is 101 Å². The average molecular weight is 480 g/mol. The molecule has 0 aliphatic carbocycles. The van der Waals surface area contributed by atoms with E-state index in [1.54, 1.807) is 0 Å². The van der Waals surface area contributed by atoms with Crippen LogP contribution in [0.1, 0.15) is 65.2 Å². The minimum atomic E-state index is -6.80. The van der Waals surface area contributed by atoms with Crippen LogP contribution < -0.4 is 0 Å². The van der Waals surface area contributed by atoms with Gasteiger partial charge < -0.3 is 9.80 Å². The van der Waals surface area contributed by atoms with Gasteiger partial charge in [0.25, 0.3) is 11.8 Å². The number of likely N-dealkylation sites (tertiary alicyclic amines) is 2. The monoisotopic (exact) mass is 480 g/mol. The Morgan fingerprint density at radius 2 is 0.969 bits per heavy atom. The van der Waals surface area contributed by atoms with Crippen molar-refractivity contribution in [2.24, 2.45) is 0 Å². The van der Waals surface area contributed by atoms with E-state index in [2.05, 4.69) is 0 Å². The van der Waals surface area contributed by atoms with E-state index in [-0.39, 0.29) is 51.6 Å². The van der Waals surface area contributed by atoms with Crippen molar-refractivity contribution in [1.29, 1.82) is 0 Å². The van der Waals surface area contributed by atoms with Gasteiger partial charge in [-0.1, -0.05) is 13.8 Å². The van der Waals surface area contributed by atoms with Gasteiger partial charge in [-0.25, -0.2) is 0 Å². The second-order valence-electron chi connectivity index (χ2n) is 8.41. The molecule has 2 saturated heterocycles. The Morgan fingerprint density at radius 1 is 0.656 bits per heavy atom. The van der Waals surface area contributed by atoms with Crippen LogP contribution in [0.15, 0.2) is 0 Å². The lowest BCUT2D eigenvalue weighted by Gasteiger charge is -2.42. The van der Waals surface area contributed by atoms with Crippen molar-refractivity contribution in [3.8, 4) is 0 Å². The zero-order valence-corrected chi connectivity index (χ0v) is 18.0. The van der Waals surface area contributed by atoms with Crippen LogP contribution in [0, 0.1) is 0 Å². The molecule has 2 aliphatic rings. The first-order valence-corrected chi connectivity index (χ1v) is 10.8. The lowest BCUT2D eigenvalue weighted by molar-refractivity contribution is -0.351. The smallest absolute Gasteiger partial charge is 0.334 e. The molecular weight excluding hydrogens is 452 g/mol. The fraction of sp³-hybridized carbons (Fsp3) is 0.900. The number of amides is 2. The zero-order valence-electron chi connectivity index (χ0n) is 18.0. The highest BCUT2D eigenvalue weighted by Crippen LogP contribution is 2.54. The van der Waals surface area contributed by atoms with Gasteiger partial charge in [-0.3, -0.25) is 9.59 Å². The number of nitrogens with zero attached hydrogens (tertiary/aromatic N) is 2. The molecule has 2 fully saturated rings. The van der Waals surface area contributed by atoms with Gasteiger partial charge in [0.2, 0.25) is 0 Å². The first kappa shape index (κ1) is 26.6. The van der Waals surface area contributed by atoms with Gasteiger partial charge in [0.15, 0.2) is 0 Å². The van der Waals surface area contributed by atoms with E-state index >= 15 is 0 Å². The summed E-state index contributed by atoms with van der Waals surface area (Å²) >= 11 is 0. The molecular formula is C20H28F8N2O2. The summed E-state index contributed by atoms with van der Waals surface area (Å²) in [5, 5.41) is 0. The van der Waals surface area contributed by atoms with Crippen molar-refractivity contribution in [3.05, 3.63) is 0 Å². The molecule has 0 radical (unpaired) electrons. The topological polar surface area (TPSA) is 40.6 Å². The van der Waals surface area contributed by atoms with E-state index in [9.17, 15) is 44.7 Å². The first-order chi connectivity index (χ1) is 14.7. The highest BCUT2D eigenvalue weighted by molar-refractivity contribution is 5.88. The summed E-state index contributed by atoms with van der Waals surface area (Å²) in [5.74, 6) is -31.2. The lowest BCUT2D eigenvalue weighted by atomic mass is 9.92. The summed E-state index contributed by atoms with van der Waals surface area (Å²) in [4.78, 5) is 25.1. The summed E-state index contributed by atoms with van der Waals surface area (Å²) in [5.41, 5.74) is 0. The normalized spacial score (nSPS) is 23.9. The number of carbonyl (C=O) groups excluding carboxylic acids is 2. The average Bonchev–Trinajstić information content (AvgIpc) is 2.77. The maximum atomic E-state index is 14.5. The molecule has 0 spiro atoms. The minimum absolute atomic E-state index is 0.103. The van der Waals surface area contributed by atoms with Crippen molar-refractivity contribution < 1.29 is 44.7 Å². The van der Waals surface area contributed by atoms with Gasteiger partial charge in [-0.05, 0) is 51.4 Å². The van der Waals surface area contributed by atoms with Crippen LogP contribution in [0.3, 0.4) is 0 Å². The van der Waals surface area contributed by atoms with Gasteiger partial charge >= 0.3 is 23.7 Å². The third-order valence-electron chi connectivity index (χ3n) is 6.44. The highest BCUT2D eigenvalue weighted by atomic mass is 19.4. The van der Waals surface area contributed by atoms with Crippen molar-refractivity contribution >= 4 is 11.8 Å². The Morgan fingerprint density at radius 3 is 1.25 bits per heavy atom. The predicted molar refractivity (Wildman–Crippen MR) is 99.1 cm³/mol. The van der Waals surface area contributed by atoms with Gasteiger partial charge in [0.1, 0.15) is 0 Å². The van der Waals surface area contributed by atoms with Crippen LogP contribution in [0.2, 0.25) is 0 Å². The molecule has 0 aromatic heterocycles. The Balaban J connectivity index is 2.38. The summed E-state index contributed by atoms with van der Waals surface area (Å²) in [6.45, 7) is 2.24. The molecule has 2 unspecified atom stereocenters. The van der Waals surface area contributed by atoms with Crippen molar-refractivity contribution in [3.63, 3.8) is 0 Å². The predicted octanol–water partition coefficient (Wildman–Crippen LogP) is 5.11. The molecule has 0 bridgehead atoms. The van der Waals surface area contributed by atoms with E-state index in [1.807, 2.05) is 0 Å². The van der Waals surface area contributed by atoms with Crippen molar-refractivity contribution in [2.75, 3.05) is 13.1 Å². The second-order valence-corrected chi connectivity index (χ2v) is 8.41. The number of alkyl halides is 8. The number of piperidine rings is 2. The maximum Gasteiger partial charge on any atom is 0.393 e. The van der Waals surface area contributed by atoms with Crippen LogP contribution >= 0.6 is 0 Å². The Hall–Kier alpha value is -1.62. The summed E-state index contributed by atoms with van der Waals surface area (Å²) in [6, 6.07) is -1.79. The molecule has 12 heteroatoms. The third-order valence-corrected chi connectivity index (χ3v) is 6.44. The molecule has 0 saturated carbocycles. The third kappa shape index (κ3) is 4.18. The number of carbonyl (C=O) groups is 2. The maximum absolute atomic E-state index is 14.5. The van der Waals surface area contributed by atoms with Crippen LogP contribution in [0.4, 0.5) is 35.1 Å². The summed E-state index contributed by atoms with van der Waals surface area (Å²) < 4.78 is 116. The van der Waals surface area contributed by atoms with Crippen molar-refractivity contribution in [1.82, 2.24) is 9.80 Å². The largest absolute Gasteiger partial charge is 0.393 e. The minimum Gasteiger partial charge on any atom is -0.334 e. The zero-order chi connectivity index (χ0) is 24.5.